The number of nitrogens with zero attached hydrogens (tertiary/aromatic N) is 1. The molecule has 0 unspecified atom stereocenters. The molecule has 1 aliphatic rings. The quantitative estimate of drug-likeness (QED) is 0.607. The zero-order chi connectivity index (χ0) is 18.1. The molecule has 3 nitrogen and oxygen atoms in total. The summed E-state index contributed by atoms with van der Waals surface area (Å²) in [5.74, 6) is -0.214. The molecule has 1 fully saturated rings. The van der Waals surface area contributed by atoms with Crippen molar-refractivity contribution in [1.82, 2.24) is 4.90 Å². The highest BCUT2D eigenvalue weighted by Crippen LogP contribution is 2.40. The largest absolute Gasteiger partial charge is 0.444 e. The molecular formula is C17H21BrF3NO2. The van der Waals surface area contributed by atoms with Crippen LogP contribution in [0.5, 0.6) is 0 Å². The molecule has 134 valence electrons. The van der Waals surface area contributed by atoms with Gasteiger partial charge < -0.3 is 9.64 Å². The molecule has 0 N–H and O–H groups in total. The average Bonchev–Trinajstić information content (AvgIpc) is 2.44. The van der Waals surface area contributed by atoms with E-state index >= 15 is 0 Å². The molecule has 0 aliphatic carbocycles. The van der Waals surface area contributed by atoms with E-state index in [9.17, 15) is 18.0 Å². The van der Waals surface area contributed by atoms with Crippen LogP contribution in [0.15, 0.2) is 22.7 Å². The Morgan fingerprint density at radius 3 is 2.29 bits per heavy atom. The smallest absolute Gasteiger partial charge is 0.416 e. The van der Waals surface area contributed by atoms with Crippen LogP contribution in [0.1, 0.15) is 50.7 Å². The van der Waals surface area contributed by atoms with E-state index in [4.69, 9.17) is 4.74 Å². The van der Waals surface area contributed by atoms with Gasteiger partial charge >= 0.3 is 12.3 Å². The fourth-order valence-electron chi connectivity index (χ4n) is 2.83. The van der Waals surface area contributed by atoms with Crippen molar-refractivity contribution < 1.29 is 22.7 Å². The van der Waals surface area contributed by atoms with Gasteiger partial charge in [-0.15, -0.1) is 0 Å². The molecule has 0 spiro atoms. The molecular weight excluding hydrogens is 387 g/mol. The van der Waals surface area contributed by atoms with E-state index in [0.717, 1.165) is 6.07 Å². The van der Waals surface area contributed by atoms with Crippen molar-refractivity contribution in [3.05, 3.63) is 33.8 Å². The summed E-state index contributed by atoms with van der Waals surface area (Å²) < 4.78 is 45.5. The van der Waals surface area contributed by atoms with E-state index in [2.05, 4.69) is 15.9 Å². The fraction of sp³-hybridized carbons (Fsp3) is 0.588. The second-order valence-electron chi connectivity index (χ2n) is 6.97. The van der Waals surface area contributed by atoms with Crippen LogP contribution < -0.4 is 0 Å². The highest BCUT2D eigenvalue weighted by atomic mass is 79.9. The molecule has 1 aromatic rings. The van der Waals surface area contributed by atoms with Crippen LogP contribution in [-0.2, 0) is 10.9 Å². The van der Waals surface area contributed by atoms with Gasteiger partial charge in [-0.2, -0.15) is 13.2 Å². The lowest BCUT2D eigenvalue weighted by molar-refractivity contribution is -0.138. The van der Waals surface area contributed by atoms with Gasteiger partial charge in [0.2, 0.25) is 0 Å². The van der Waals surface area contributed by atoms with Crippen LogP contribution in [0, 0.1) is 0 Å². The van der Waals surface area contributed by atoms with Crippen molar-refractivity contribution >= 4 is 22.0 Å². The number of hydrogen-bond donors (Lipinski definition) is 0. The van der Waals surface area contributed by atoms with Crippen LogP contribution in [-0.4, -0.2) is 29.7 Å². The third-order valence-electron chi connectivity index (χ3n) is 3.91. The highest BCUT2D eigenvalue weighted by Gasteiger charge is 2.37. The Bertz CT molecular complexity index is 603. The normalized spacial score (nSPS) is 17.0. The minimum Gasteiger partial charge on any atom is -0.444 e. The number of likely N-dealkylation sites (tertiary alicyclic amines) is 1. The summed E-state index contributed by atoms with van der Waals surface area (Å²) in [6, 6.07) is 4.28. The first-order valence-corrected chi connectivity index (χ1v) is 8.61. The van der Waals surface area contributed by atoms with Gasteiger partial charge in [0.15, 0.2) is 0 Å². The second-order valence-corrected chi connectivity index (χ2v) is 7.89. The van der Waals surface area contributed by atoms with Crippen molar-refractivity contribution in [1.29, 1.82) is 0 Å². The van der Waals surface area contributed by atoms with Crippen molar-refractivity contribution in [2.24, 2.45) is 0 Å². The maximum atomic E-state index is 13.3. The van der Waals surface area contributed by atoms with E-state index in [1.807, 2.05) is 0 Å². The van der Waals surface area contributed by atoms with E-state index in [1.165, 1.54) is 6.07 Å². The first-order chi connectivity index (χ1) is 11.0. The molecule has 0 aromatic heterocycles. The van der Waals surface area contributed by atoms with Gasteiger partial charge in [-0.3, -0.25) is 0 Å². The molecule has 0 radical (unpaired) electrons. The minimum absolute atomic E-state index is 0.214. The standard InChI is InChI=1S/C17H21BrF3NO2/c1-16(2,3)24-15(23)22-8-6-11(7-9-22)13-5-4-12(18)10-14(13)17(19,20)21/h4-5,10-11H,6-9H2,1-3H3. The summed E-state index contributed by atoms with van der Waals surface area (Å²) in [6.45, 7) is 6.15. The molecule has 24 heavy (non-hydrogen) atoms. The van der Waals surface area contributed by atoms with Gasteiger partial charge in [-0.1, -0.05) is 22.0 Å². The third-order valence-corrected chi connectivity index (χ3v) is 4.40. The molecule has 1 saturated heterocycles. The molecule has 2 rings (SSSR count). The van der Waals surface area contributed by atoms with Crippen LogP contribution in [0.4, 0.5) is 18.0 Å². The molecule has 1 aromatic carbocycles. The summed E-state index contributed by atoms with van der Waals surface area (Å²) in [4.78, 5) is 13.6. The first kappa shape index (κ1) is 19.1. The third kappa shape index (κ3) is 4.88. The average molecular weight is 408 g/mol. The Morgan fingerprint density at radius 2 is 1.79 bits per heavy atom. The summed E-state index contributed by atoms with van der Waals surface area (Å²) in [5.41, 5.74) is -0.884. The number of benzene rings is 1. The predicted octanol–water partition coefficient (Wildman–Crippen LogP) is 5.58. The molecule has 0 atom stereocenters. The fourth-order valence-corrected chi connectivity index (χ4v) is 3.19. The van der Waals surface area contributed by atoms with Gasteiger partial charge in [-0.05, 0) is 57.2 Å². The topological polar surface area (TPSA) is 29.5 Å². The number of hydrogen-bond acceptors (Lipinski definition) is 2. The minimum atomic E-state index is -4.39. The Labute approximate surface area is 148 Å². The zero-order valence-corrected chi connectivity index (χ0v) is 15.5. The number of carbonyl (C=O) groups is 1. The van der Waals surface area contributed by atoms with E-state index < -0.39 is 23.4 Å². The zero-order valence-electron chi connectivity index (χ0n) is 13.9. The predicted molar refractivity (Wildman–Crippen MR) is 88.9 cm³/mol. The number of ether oxygens (including phenoxy) is 1. The van der Waals surface area contributed by atoms with E-state index in [1.54, 1.807) is 31.7 Å². The van der Waals surface area contributed by atoms with E-state index in [-0.39, 0.29) is 5.92 Å². The highest BCUT2D eigenvalue weighted by molar-refractivity contribution is 9.10. The number of rotatable bonds is 1. The Hall–Kier alpha value is -1.24. The molecule has 0 saturated carbocycles. The monoisotopic (exact) mass is 407 g/mol. The maximum absolute atomic E-state index is 13.3. The molecule has 1 aliphatic heterocycles. The van der Waals surface area contributed by atoms with Gasteiger partial charge in [0.1, 0.15) is 5.60 Å². The number of piperidine rings is 1. The Morgan fingerprint density at radius 1 is 1.21 bits per heavy atom. The van der Waals surface area contributed by atoms with Crippen LogP contribution in [0.3, 0.4) is 0 Å². The van der Waals surface area contributed by atoms with E-state index in [0.29, 0.717) is 36.0 Å². The SMILES string of the molecule is CC(C)(C)OC(=O)N1CCC(c2ccc(Br)cc2C(F)(F)F)CC1. The van der Waals surface area contributed by atoms with Crippen molar-refractivity contribution in [3.63, 3.8) is 0 Å². The molecule has 0 bridgehead atoms. The van der Waals surface area contributed by atoms with Gasteiger partial charge in [0.25, 0.3) is 0 Å². The van der Waals surface area contributed by atoms with Gasteiger partial charge in [-0.25, -0.2) is 4.79 Å². The Balaban J connectivity index is 2.09. The number of amides is 1. The van der Waals surface area contributed by atoms with Crippen molar-refractivity contribution in [2.75, 3.05) is 13.1 Å². The van der Waals surface area contributed by atoms with Crippen molar-refractivity contribution in [3.8, 4) is 0 Å². The Kier molecular flexibility index (Phi) is 5.52. The first-order valence-electron chi connectivity index (χ1n) is 7.82. The summed E-state index contributed by atoms with van der Waals surface area (Å²) in [5, 5.41) is 0. The summed E-state index contributed by atoms with van der Waals surface area (Å²) in [6.07, 6.45) is -3.82. The second kappa shape index (κ2) is 6.94. The lowest BCUT2D eigenvalue weighted by Crippen LogP contribution is -2.41. The lowest BCUT2D eigenvalue weighted by Gasteiger charge is -2.34. The molecule has 1 amide bonds. The van der Waals surface area contributed by atoms with Crippen LogP contribution in [0.25, 0.3) is 0 Å². The lowest BCUT2D eigenvalue weighted by atomic mass is 9.86. The number of halogens is 4. The number of carbonyl (C=O) groups excluding carboxylic acids is 1. The van der Waals surface area contributed by atoms with Crippen LogP contribution in [0.2, 0.25) is 0 Å². The summed E-state index contributed by atoms with van der Waals surface area (Å²) >= 11 is 3.10. The number of alkyl halides is 3. The van der Waals surface area contributed by atoms with Crippen molar-refractivity contribution in [2.45, 2.75) is 51.3 Å². The van der Waals surface area contributed by atoms with Gasteiger partial charge in [0, 0.05) is 17.6 Å². The summed E-state index contributed by atoms with van der Waals surface area (Å²) in [7, 11) is 0. The van der Waals surface area contributed by atoms with Gasteiger partial charge in [0.05, 0.1) is 5.56 Å². The van der Waals surface area contributed by atoms with Crippen LogP contribution >= 0.6 is 15.9 Å². The maximum Gasteiger partial charge on any atom is 0.416 e. The molecule has 7 heteroatoms. The molecule has 1 heterocycles.